The fourth-order valence-corrected chi connectivity index (χ4v) is 3.18. The molecule has 0 radical (unpaired) electrons. The van der Waals surface area contributed by atoms with Crippen LogP contribution in [0.1, 0.15) is 18.5 Å². The fourth-order valence-electron chi connectivity index (χ4n) is 3.18. The molecule has 1 amide bonds. The van der Waals surface area contributed by atoms with Gasteiger partial charge in [0.15, 0.2) is 5.82 Å². The lowest BCUT2D eigenvalue weighted by Gasteiger charge is -2.27. The van der Waals surface area contributed by atoms with Crippen LogP contribution in [0.2, 0.25) is 0 Å². The number of amides is 1. The van der Waals surface area contributed by atoms with E-state index in [2.05, 4.69) is 9.97 Å². The molecule has 8 heteroatoms. The number of hydrogen-bond donors (Lipinski definition) is 0. The highest BCUT2D eigenvalue weighted by Crippen LogP contribution is 2.28. The van der Waals surface area contributed by atoms with E-state index in [0.717, 1.165) is 25.1 Å². The Kier molecular flexibility index (Phi) is 4.83. The zero-order chi connectivity index (χ0) is 18.8. The standard InChI is InChI=1S/C18H21N5O3/c1-12-10-16(22-9-5-8-15(22)18(24)21(2)3)20-17(19-12)13-6-4-7-14(11-13)23(25)26/h4,6-7,10-11,15H,5,8-9H2,1-3H3. The molecule has 136 valence electrons. The van der Waals surface area contributed by atoms with Gasteiger partial charge < -0.3 is 9.80 Å². The molecular weight excluding hydrogens is 334 g/mol. The number of benzene rings is 1. The minimum absolute atomic E-state index is 0.00371. The van der Waals surface area contributed by atoms with Gasteiger partial charge in [-0.3, -0.25) is 14.9 Å². The van der Waals surface area contributed by atoms with Crippen molar-refractivity contribution in [2.75, 3.05) is 25.5 Å². The van der Waals surface area contributed by atoms with E-state index >= 15 is 0 Å². The van der Waals surface area contributed by atoms with Gasteiger partial charge in [0.05, 0.1) is 4.92 Å². The first kappa shape index (κ1) is 17.8. The highest BCUT2D eigenvalue weighted by Gasteiger charge is 2.33. The number of carbonyl (C=O) groups is 1. The van der Waals surface area contributed by atoms with Gasteiger partial charge in [0.2, 0.25) is 5.91 Å². The fraction of sp³-hybridized carbons (Fsp3) is 0.389. The predicted octanol–water partition coefficient (Wildman–Crippen LogP) is 2.42. The third-order valence-corrected chi connectivity index (χ3v) is 4.43. The van der Waals surface area contributed by atoms with Crippen LogP contribution in [0.3, 0.4) is 0 Å². The van der Waals surface area contributed by atoms with Crippen molar-refractivity contribution in [1.29, 1.82) is 0 Å². The van der Waals surface area contributed by atoms with Crippen LogP contribution >= 0.6 is 0 Å². The molecule has 0 bridgehead atoms. The van der Waals surface area contributed by atoms with Crippen molar-refractivity contribution in [1.82, 2.24) is 14.9 Å². The van der Waals surface area contributed by atoms with E-state index in [9.17, 15) is 14.9 Å². The molecule has 0 saturated carbocycles. The number of hydrogen-bond acceptors (Lipinski definition) is 6. The molecule has 0 aliphatic carbocycles. The lowest BCUT2D eigenvalue weighted by Crippen LogP contribution is -2.43. The summed E-state index contributed by atoms with van der Waals surface area (Å²) >= 11 is 0. The highest BCUT2D eigenvalue weighted by molar-refractivity contribution is 5.85. The summed E-state index contributed by atoms with van der Waals surface area (Å²) in [4.78, 5) is 35.7. The number of carbonyl (C=O) groups excluding carboxylic acids is 1. The summed E-state index contributed by atoms with van der Waals surface area (Å²) in [6.45, 7) is 2.60. The lowest BCUT2D eigenvalue weighted by atomic mass is 10.1. The van der Waals surface area contributed by atoms with Gasteiger partial charge in [-0.05, 0) is 19.8 Å². The molecule has 1 atom stereocenters. The van der Waals surface area contributed by atoms with Crippen LogP contribution in [0.4, 0.5) is 11.5 Å². The van der Waals surface area contributed by atoms with E-state index in [1.807, 2.05) is 17.9 Å². The monoisotopic (exact) mass is 355 g/mol. The Bertz CT molecular complexity index is 852. The number of aromatic nitrogens is 2. The van der Waals surface area contributed by atoms with E-state index in [4.69, 9.17) is 0 Å². The first-order valence-corrected chi connectivity index (χ1v) is 8.45. The van der Waals surface area contributed by atoms with Gasteiger partial charge in [0.25, 0.3) is 5.69 Å². The molecule has 1 aromatic heterocycles. The maximum absolute atomic E-state index is 12.5. The molecule has 2 heterocycles. The molecule has 1 aliphatic rings. The van der Waals surface area contributed by atoms with E-state index in [1.165, 1.54) is 12.1 Å². The number of likely N-dealkylation sites (N-methyl/N-ethyl adjacent to an activating group) is 1. The van der Waals surface area contributed by atoms with E-state index in [1.54, 1.807) is 31.1 Å². The van der Waals surface area contributed by atoms with Crippen LogP contribution in [-0.2, 0) is 4.79 Å². The molecule has 1 aliphatic heterocycles. The van der Waals surface area contributed by atoms with Gasteiger partial charge in [-0.25, -0.2) is 9.97 Å². The second kappa shape index (κ2) is 7.07. The van der Waals surface area contributed by atoms with Crippen LogP contribution < -0.4 is 4.90 Å². The predicted molar refractivity (Wildman–Crippen MR) is 97.9 cm³/mol. The topological polar surface area (TPSA) is 92.5 Å². The van der Waals surface area contributed by atoms with E-state index in [-0.39, 0.29) is 17.6 Å². The molecule has 1 fully saturated rings. The Hall–Kier alpha value is -3.03. The molecule has 2 aromatic rings. The quantitative estimate of drug-likeness (QED) is 0.618. The summed E-state index contributed by atoms with van der Waals surface area (Å²) in [6.07, 6.45) is 1.70. The van der Waals surface area contributed by atoms with Gasteiger partial charge in [-0.15, -0.1) is 0 Å². The number of nitrogens with zero attached hydrogens (tertiary/aromatic N) is 5. The number of non-ortho nitro benzene ring substituents is 1. The average Bonchev–Trinajstić information content (AvgIpc) is 3.10. The number of nitro groups is 1. The Labute approximate surface area is 151 Å². The Balaban J connectivity index is 1.99. The van der Waals surface area contributed by atoms with Gasteiger partial charge in [-0.1, -0.05) is 12.1 Å². The smallest absolute Gasteiger partial charge is 0.270 e. The number of rotatable bonds is 4. The summed E-state index contributed by atoms with van der Waals surface area (Å²) in [5.41, 5.74) is 1.33. The molecule has 1 saturated heterocycles. The molecule has 26 heavy (non-hydrogen) atoms. The lowest BCUT2D eigenvalue weighted by molar-refractivity contribution is -0.384. The summed E-state index contributed by atoms with van der Waals surface area (Å²) in [5.74, 6) is 1.15. The highest BCUT2D eigenvalue weighted by atomic mass is 16.6. The zero-order valence-corrected chi connectivity index (χ0v) is 15.0. The maximum Gasteiger partial charge on any atom is 0.270 e. The van der Waals surface area contributed by atoms with Crippen LogP contribution in [0, 0.1) is 17.0 Å². The van der Waals surface area contributed by atoms with Crippen molar-refractivity contribution < 1.29 is 9.72 Å². The Morgan fingerprint density at radius 3 is 2.77 bits per heavy atom. The second-order valence-electron chi connectivity index (χ2n) is 6.58. The van der Waals surface area contributed by atoms with Crippen LogP contribution in [0.15, 0.2) is 30.3 Å². The molecule has 0 spiro atoms. The summed E-state index contributed by atoms with van der Waals surface area (Å²) in [6, 6.07) is 7.88. The minimum atomic E-state index is -0.438. The van der Waals surface area contributed by atoms with Crippen molar-refractivity contribution in [2.24, 2.45) is 0 Å². The van der Waals surface area contributed by atoms with E-state index in [0.29, 0.717) is 17.2 Å². The van der Waals surface area contributed by atoms with Crippen molar-refractivity contribution in [3.8, 4) is 11.4 Å². The summed E-state index contributed by atoms with van der Waals surface area (Å²) < 4.78 is 0. The average molecular weight is 355 g/mol. The largest absolute Gasteiger partial charge is 0.347 e. The summed E-state index contributed by atoms with van der Waals surface area (Å²) in [7, 11) is 3.50. The first-order valence-electron chi connectivity index (χ1n) is 8.45. The number of nitro benzene ring substituents is 1. The maximum atomic E-state index is 12.5. The number of aryl methyl sites for hydroxylation is 1. The van der Waals surface area contributed by atoms with Gasteiger partial charge in [-0.2, -0.15) is 0 Å². The van der Waals surface area contributed by atoms with Crippen LogP contribution in [0.25, 0.3) is 11.4 Å². The Morgan fingerprint density at radius 2 is 2.08 bits per heavy atom. The zero-order valence-electron chi connectivity index (χ0n) is 15.0. The number of anilines is 1. The minimum Gasteiger partial charge on any atom is -0.347 e. The van der Waals surface area contributed by atoms with Crippen LogP contribution in [-0.4, -0.2) is 52.4 Å². The van der Waals surface area contributed by atoms with Crippen molar-refractivity contribution in [3.63, 3.8) is 0 Å². The molecule has 3 rings (SSSR count). The Morgan fingerprint density at radius 1 is 1.31 bits per heavy atom. The SMILES string of the molecule is Cc1cc(N2CCCC2C(=O)N(C)C)nc(-c2cccc([N+](=O)[O-])c2)n1. The van der Waals surface area contributed by atoms with Gasteiger partial charge in [0.1, 0.15) is 11.9 Å². The van der Waals surface area contributed by atoms with Gasteiger partial charge >= 0.3 is 0 Å². The molecule has 1 unspecified atom stereocenters. The summed E-state index contributed by atoms with van der Waals surface area (Å²) in [5, 5.41) is 11.0. The molecule has 1 aromatic carbocycles. The normalized spacial score (nSPS) is 16.6. The second-order valence-corrected chi connectivity index (χ2v) is 6.58. The van der Waals surface area contributed by atoms with E-state index < -0.39 is 4.92 Å². The van der Waals surface area contributed by atoms with Crippen molar-refractivity contribution >= 4 is 17.4 Å². The van der Waals surface area contributed by atoms with Crippen molar-refractivity contribution in [3.05, 3.63) is 46.1 Å². The first-order chi connectivity index (χ1) is 12.4. The molecule has 0 N–H and O–H groups in total. The van der Waals surface area contributed by atoms with Crippen LogP contribution in [0.5, 0.6) is 0 Å². The third kappa shape index (κ3) is 3.49. The van der Waals surface area contributed by atoms with Crippen molar-refractivity contribution in [2.45, 2.75) is 25.8 Å². The molecule has 8 nitrogen and oxygen atoms in total. The third-order valence-electron chi connectivity index (χ3n) is 4.43. The van der Waals surface area contributed by atoms with Gasteiger partial charge in [0, 0.05) is 50.1 Å². The molecular formula is C18H21N5O3.